The second-order valence-electron chi connectivity index (χ2n) is 2.86. The number of hydrogen-bond acceptors (Lipinski definition) is 2. The van der Waals surface area contributed by atoms with E-state index >= 15 is 0 Å². The van der Waals surface area contributed by atoms with E-state index in [1.807, 2.05) is 13.0 Å². The monoisotopic (exact) mass is 288 g/mol. The van der Waals surface area contributed by atoms with E-state index in [0.29, 0.717) is 5.56 Å². The highest BCUT2D eigenvalue weighted by molar-refractivity contribution is 14.1. The van der Waals surface area contributed by atoms with Crippen LogP contribution in [0.1, 0.15) is 28.8 Å². The van der Waals surface area contributed by atoms with Gasteiger partial charge in [0.05, 0.1) is 0 Å². The summed E-state index contributed by atoms with van der Waals surface area (Å²) >= 11 is 2.13. The molecule has 68 valence electrons. The number of rotatable bonds is 3. The lowest BCUT2D eigenvalue weighted by atomic mass is 10.0. The quantitative estimate of drug-likeness (QED) is 0.632. The predicted octanol–water partition coefficient (Wildman–Crippen LogP) is 2.41. The summed E-state index contributed by atoms with van der Waals surface area (Å²) in [6.07, 6.45) is 1.67. The van der Waals surface area contributed by atoms with Gasteiger partial charge in [-0.3, -0.25) is 4.79 Å². The van der Waals surface area contributed by atoms with Crippen LogP contribution in [0.5, 0.6) is 0 Å². The number of aldehydes is 2. The molecule has 0 N–H and O–H groups in total. The molecule has 2 nitrogen and oxygen atoms in total. The van der Waals surface area contributed by atoms with Crippen LogP contribution in [0.25, 0.3) is 0 Å². The van der Waals surface area contributed by atoms with E-state index in [1.165, 1.54) is 0 Å². The summed E-state index contributed by atoms with van der Waals surface area (Å²) in [6, 6.07) is 5.44. The van der Waals surface area contributed by atoms with Gasteiger partial charge >= 0.3 is 0 Å². The van der Waals surface area contributed by atoms with Gasteiger partial charge in [0.15, 0.2) is 0 Å². The number of carbonyl (C=O) groups is 2. The second kappa shape index (κ2) is 4.50. The highest BCUT2D eigenvalue weighted by Crippen LogP contribution is 2.17. The van der Waals surface area contributed by atoms with Gasteiger partial charge in [-0.05, 0) is 46.4 Å². The highest BCUT2D eigenvalue weighted by Gasteiger charge is 2.05. The minimum absolute atomic E-state index is 0.145. The van der Waals surface area contributed by atoms with E-state index < -0.39 is 0 Å². The van der Waals surface area contributed by atoms with Crippen molar-refractivity contribution < 1.29 is 9.59 Å². The molecule has 0 aromatic heterocycles. The summed E-state index contributed by atoms with van der Waals surface area (Å²) in [5, 5.41) is 0. The van der Waals surface area contributed by atoms with Gasteiger partial charge < -0.3 is 4.79 Å². The molecular formula is C10H9IO2. The van der Waals surface area contributed by atoms with Crippen LogP contribution in [0.2, 0.25) is 0 Å². The molecule has 0 radical (unpaired) electrons. The first-order valence-electron chi connectivity index (χ1n) is 3.88. The Hall–Kier alpha value is -0.710. The Kier molecular flexibility index (Phi) is 3.59. The maximum Gasteiger partial charge on any atom is 0.150 e. The van der Waals surface area contributed by atoms with Gasteiger partial charge in [-0.15, -0.1) is 0 Å². The van der Waals surface area contributed by atoms with Crippen LogP contribution in [0.15, 0.2) is 18.2 Å². The van der Waals surface area contributed by atoms with E-state index in [1.54, 1.807) is 12.1 Å². The van der Waals surface area contributed by atoms with Gasteiger partial charge in [0, 0.05) is 15.1 Å². The molecule has 0 fully saturated rings. The maximum atomic E-state index is 10.5. The van der Waals surface area contributed by atoms with Gasteiger partial charge in [-0.1, -0.05) is 6.92 Å². The molecule has 13 heavy (non-hydrogen) atoms. The first-order chi connectivity index (χ1) is 6.17. The molecule has 0 saturated heterocycles. The zero-order valence-electron chi connectivity index (χ0n) is 7.16. The second-order valence-corrected chi connectivity index (χ2v) is 4.11. The molecule has 0 bridgehead atoms. The zero-order valence-corrected chi connectivity index (χ0v) is 9.32. The molecule has 0 aliphatic carbocycles. The zero-order chi connectivity index (χ0) is 9.84. The summed E-state index contributed by atoms with van der Waals surface area (Å²) in [5.74, 6) is -0.145. The Morgan fingerprint density at radius 3 is 2.54 bits per heavy atom. The third kappa shape index (κ3) is 2.62. The van der Waals surface area contributed by atoms with Crippen molar-refractivity contribution in [2.24, 2.45) is 0 Å². The molecule has 0 aliphatic rings. The van der Waals surface area contributed by atoms with Crippen molar-refractivity contribution in [1.29, 1.82) is 0 Å². The third-order valence-electron chi connectivity index (χ3n) is 1.81. The Balaban J connectivity index is 3.14. The minimum atomic E-state index is -0.145. The normalized spacial score (nSPS) is 12.2. The van der Waals surface area contributed by atoms with Crippen LogP contribution in [0.3, 0.4) is 0 Å². The molecule has 0 aliphatic heterocycles. The molecule has 0 spiro atoms. The van der Waals surface area contributed by atoms with Crippen LogP contribution >= 0.6 is 22.6 Å². The first-order valence-corrected chi connectivity index (χ1v) is 4.96. The average Bonchev–Trinajstić information content (AvgIpc) is 2.15. The van der Waals surface area contributed by atoms with Crippen LogP contribution in [0, 0.1) is 3.57 Å². The van der Waals surface area contributed by atoms with Gasteiger partial charge in [0.25, 0.3) is 0 Å². The fourth-order valence-electron chi connectivity index (χ4n) is 1.05. The average molecular weight is 288 g/mol. The molecule has 0 amide bonds. The van der Waals surface area contributed by atoms with Gasteiger partial charge in [-0.2, -0.15) is 0 Å². The van der Waals surface area contributed by atoms with Crippen LogP contribution < -0.4 is 0 Å². The highest BCUT2D eigenvalue weighted by atomic mass is 127. The fourth-order valence-corrected chi connectivity index (χ4v) is 1.76. The number of benzene rings is 1. The van der Waals surface area contributed by atoms with Crippen LogP contribution in [0.4, 0.5) is 0 Å². The molecule has 1 aromatic carbocycles. The van der Waals surface area contributed by atoms with Crippen molar-refractivity contribution in [3.8, 4) is 0 Å². The molecule has 1 aromatic rings. The summed E-state index contributed by atoms with van der Waals surface area (Å²) in [7, 11) is 0. The van der Waals surface area contributed by atoms with E-state index in [-0.39, 0.29) is 5.92 Å². The SMILES string of the molecule is CC(C=O)c1cc(I)cc(C=O)c1. The van der Waals surface area contributed by atoms with Crippen molar-refractivity contribution in [3.05, 3.63) is 32.9 Å². The van der Waals surface area contributed by atoms with Gasteiger partial charge in [0.1, 0.15) is 12.6 Å². The molecule has 1 rings (SSSR count). The topological polar surface area (TPSA) is 34.1 Å². The van der Waals surface area contributed by atoms with Crippen molar-refractivity contribution in [2.75, 3.05) is 0 Å². The Morgan fingerprint density at radius 1 is 1.31 bits per heavy atom. The molecule has 1 atom stereocenters. The van der Waals surface area contributed by atoms with Crippen molar-refractivity contribution in [1.82, 2.24) is 0 Å². The molecule has 0 heterocycles. The van der Waals surface area contributed by atoms with Crippen molar-refractivity contribution in [3.63, 3.8) is 0 Å². The Bertz CT molecular complexity index is 334. The lowest BCUT2D eigenvalue weighted by molar-refractivity contribution is -0.108. The summed E-state index contributed by atoms with van der Waals surface area (Å²) in [5.41, 5.74) is 1.51. The summed E-state index contributed by atoms with van der Waals surface area (Å²) in [4.78, 5) is 21.1. The number of carbonyl (C=O) groups excluding carboxylic acids is 2. The molecular weight excluding hydrogens is 279 g/mol. The third-order valence-corrected chi connectivity index (χ3v) is 2.43. The van der Waals surface area contributed by atoms with Crippen LogP contribution in [-0.2, 0) is 4.79 Å². The van der Waals surface area contributed by atoms with Crippen LogP contribution in [-0.4, -0.2) is 12.6 Å². The predicted molar refractivity (Wildman–Crippen MR) is 59.0 cm³/mol. The summed E-state index contributed by atoms with van der Waals surface area (Å²) < 4.78 is 0.978. The Morgan fingerprint density at radius 2 is 2.00 bits per heavy atom. The lowest BCUT2D eigenvalue weighted by Crippen LogP contribution is -1.96. The minimum Gasteiger partial charge on any atom is -0.303 e. The van der Waals surface area contributed by atoms with E-state index in [0.717, 1.165) is 21.7 Å². The fraction of sp³-hybridized carbons (Fsp3) is 0.200. The van der Waals surface area contributed by atoms with E-state index in [2.05, 4.69) is 22.6 Å². The maximum absolute atomic E-state index is 10.5. The van der Waals surface area contributed by atoms with Crippen molar-refractivity contribution >= 4 is 35.2 Å². The summed E-state index contributed by atoms with van der Waals surface area (Å²) in [6.45, 7) is 1.81. The molecule has 0 saturated carbocycles. The lowest BCUT2D eigenvalue weighted by Gasteiger charge is -2.05. The first kappa shape index (κ1) is 10.4. The largest absolute Gasteiger partial charge is 0.303 e. The number of halogens is 1. The molecule has 3 heteroatoms. The molecule has 1 unspecified atom stereocenters. The Labute approximate surface area is 90.5 Å². The number of hydrogen-bond donors (Lipinski definition) is 0. The van der Waals surface area contributed by atoms with E-state index in [9.17, 15) is 9.59 Å². The van der Waals surface area contributed by atoms with E-state index in [4.69, 9.17) is 0 Å². The standard InChI is InChI=1S/C10H9IO2/c1-7(5-12)9-2-8(6-13)3-10(11)4-9/h2-7H,1H3. The van der Waals surface area contributed by atoms with Gasteiger partial charge in [0.2, 0.25) is 0 Å². The smallest absolute Gasteiger partial charge is 0.150 e. The van der Waals surface area contributed by atoms with Crippen molar-refractivity contribution in [2.45, 2.75) is 12.8 Å². The van der Waals surface area contributed by atoms with Gasteiger partial charge in [-0.25, -0.2) is 0 Å².